The van der Waals surface area contributed by atoms with Crippen LogP contribution in [0.4, 0.5) is 5.95 Å². The monoisotopic (exact) mass is 244 g/mol. The van der Waals surface area contributed by atoms with Crippen LogP contribution in [-0.4, -0.2) is 32.2 Å². The summed E-state index contributed by atoms with van der Waals surface area (Å²) >= 11 is 0. The normalized spacial score (nSPS) is 13.8. The Hall–Kier alpha value is -2.37. The zero-order chi connectivity index (χ0) is 12.5. The number of pyridine rings is 1. The smallest absolute Gasteiger partial charge is 0.354 e. The van der Waals surface area contributed by atoms with Gasteiger partial charge in [-0.2, -0.15) is 0 Å². The molecule has 0 saturated carbocycles. The molecule has 0 amide bonds. The molecule has 1 aliphatic heterocycles. The van der Waals surface area contributed by atoms with Gasteiger partial charge in [0, 0.05) is 31.0 Å². The zero-order valence-corrected chi connectivity index (χ0v) is 9.63. The van der Waals surface area contributed by atoms with Crippen LogP contribution in [0.1, 0.15) is 16.9 Å². The quantitative estimate of drug-likeness (QED) is 0.836. The number of imidazole rings is 1. The number of carboxylic acids is 1. The number of hydrogen-bond acceptors (Lipinski definition) is 4. The van der Waals surface area contributed by atoms with Crippen molar-refractivity contribution < 1.29 is 9.90 Å². The second-order valence-electron chi connectivity index (χ2n) is 4.11. The summed E-state index contributed by atoms with van der Waals surface area (Å²) in [5.41, 5.74) is 1.42. The van der Waals surface area contributed by atoms with E-state index in [1.807, 2.05) is 6.07 Å². The SMILES string of the molecule is O=C(O)c1c(-c2cccnc2)nc2n1CCCN2. The van der Waals surface area contributed by atoms with Crippen LogP contribution >= 0.6 is 0 Å². The molecule has 1 aliphatic rings. The van der Waals surface area contributed by atoms with Gasteiger partial charge in [-0.25, -0.2) is 9.78 Å². The number of aromatic nitrogens is 3. The van der Waals surface area contributed by atoms with Gasteiger partial charge in [0.2, 0.25) is 5.95 Å². The van der Waals surface area contributed by atoms with Crippen LogP contribution in [0.25, 0.3) is 11.3 Å². The summed E-state index contributed by atoms with van der Waals surface area (Å²) in [5.74, 6) is -0.339. The van der Waals surface area contributed by atoms with Crippen molar-refractivity contribution in [3.8, 4) is 11.3 Å². The van der Waals surface area contributed by atoms with Crippen molar-refractivity contribution in [2.24, 2.45) is 0 Å². The molecule has 0 radical (unpaired) electrons. The Balaban J connectivity index is 2.20. The fourth-order valence-corrected chi connectivity index (χ4v) is 2.16. The van der Waals surface area contributed by atoms with Crippen LogP contribution in [0.5, 0.6) is 0 Å². The molecule has 3 heterocycles. The highest BCUT2D eigenvalue weighted by molar-refractivity contribution is 5.94. The largest absolute Gasteiger partial charge is 0.477 e. The maximum absolute atomic E-state index is 11.4. The van der Waals surface area contributed by atoms with Gasteiger partial charge in [0.1, 0.15) is 5.69 Å². The van der Waals surface area contributed by atoms with E-state index in [-0.39, 0.29) is 5.69 Å². The molecule has 2 aromatic rings. The molecule has 3 rings (SSSR count). The maximum Gasteiger partial charge on any atom is 0.354 e. The lowest BCUT2D eigenvalue weighted by Crippen LogP contribution is -2.20. The van der Waals surface area contributed by atoms with Gasteiger partial charge >= 0.3 is 5.97 Å². The van der Waals surface area contributed by atoms with E-state index in [4.69, 9.17) is 0 Å². The van der Waals surface area contributed by atoms with E-state index in [0.29, 0.717) is 18.2 Å². The van der Waals surface area contributed by atoms with E-state index >= 15 is 0 Å². The first-order chi connectivity index (χ1) is 8.77. The molecule has 0 aliphatic carbocycles. The minimum absolute atomic E-state index is 0.227. The molecular weight excluding hydrogens is 232 g/mol. The van der Waals surface area contributed by atoms with Crippen molar-refractivity contribution in [1.82, 2.24) is 14.5 Å². The van der Waals surface area contributed by atoms with Gasteiger partial charge in [0.05, 0.1) is 0 Å². The molecule has 0 bridgehead atoms. The lowest BCUT2D eigenvalue weighted by atomic mass is 10.1. The van der Waals surface area contributed by atoms with Crippen molar-refractivity contribution >= 4 is 11.9 Å². The molecule has 2 N–H and O–H groups in total. The summed E-state index contributed by atoms with van der Waals surface area (Å²) in [4.78, 5) is 19.8. The summed E-state index contributed by atoms with van der Waals surface area (Å²) in [7, 11) is 0. The van der Waals surface area contributed by atoms with E-state index in [2.05, 4.69) is 15.3 Å². The second kappa shape index (κ2) is 4.14. The molecular formula is C12H12N4O2. The molecule has 0 atom stereocenters. The Morgan fingerprint density at radius 3 is 3.11 bits per heavy atom. The van der Waals surface area contributed by atoms with Crippen LogP contribution < -0.4 is 5.32 Å². The lowest BCUT2D eigenvalue weighted by molar-refractivity contribution is 0.0686. The fourth-order valence-electron chi connectivity index (χ4n) is 2.16. The van der Waals surface area contributed by atoms with E-state index in [0.717, 1.165) is 18.5 Å². The first-order valence-electron chi connectivity index (χ1n) is 5.75. The first kappa shape index (κ1) is 10.8. The summed E-state index contributed by atoms with van der Waals surface area (Å²) in [6.45, 7) is 1.50. The topological polar surface area (TPSA) is 80.0 Å². The predicted molar refractivity (Wildman–Crippen MR) is 65.5 cm³/mol. The molecule has 2 aromatic heterocycles. The minimum atomic E-state index is -0.962. The van der Waals surface area contributed by atoms with Crippen molar-refractivity contribution in [1.29, 1.82) is 0 Å². The maximum atomic E-state index is 11.4. The molecule has 0 fully saturated rings. The molecule has 92 valence electrons. The molecule has 0 spiro atoms. The molecule has 0 aromatic carbocycles. The third-order valence-corrected chi connectivity index (χ3v) is 2.95. The second-order valence-corrected chi connectivity index (χ2v) is 4.11. The van der Waals surface area contributed by atoms with Gasteiger partial charge in [-0.05, 0) is 18.6 Å². The number of carbonyl (C=O) groups is 1. The highest BCUT2D eigenvalue weighted by atomic mass is 16.4. The molecule has 18 heavy (non-hydrogen) atoms. The number of aromatic carboxylic acids is 1. The van der Waals surface area contributed by atoms with Crippen LogP contribution in [0, 0.1) is 0 Å². The Morgan fingerprint density at radius 2 is 2.39 bits per heavy atom. The average molecular weight is 244 g/mol. The number of anilines is 1. The first-order valence-corrected chi connectivity index (χ1v) is 5.75. The number of rotatable bonds is 2. The number of hydrogen-bond donors (Lipinski definition) is 2. The minimum Gasteiger partial charge on any atom is -0.477 e. The lowest BCUT2D eigenvalue weighted by Gasteiger charge is -2.16. The summed E-state index contributed by atoms with van der Waals surface area (Å²) in [6.07, 6.45) is 4.18. The van der Waals surface area contributed by atoms with E-state index in [9.17, 15) is 9.90 Å². The van der Waals surface area contributed by atoms with Crippen molar-refractivity contribution in [3.05, 3.63) is 30.2 Å². The Bertz CT molecular complexity index is 592. The highest BCUT2D eigenvalue weighted by Gasteiger charge is 2.25. The average Bonchev–Trinajstić information content (AvgIpc) is 2.79. The van der Waals surface area contributed by atoms with Crippen molar-refractivity contribution in [2.75, 3.05) is 11.9 Å². The molecule has 0 unspecified atom stereocenters. The van der Waals surface area contributed by atoms with Gasteiger partial charge in [-0.3, -0.25) is 4.98 Å². The van der Waals surface area contributed by atoms with E-state index in [1.165, 1.54) is 0 Å². The number of carboxylic acid groups (broad SMARTS) is 1. The predicted octanol–water partition coefficient (Wildman–Crippen LogP) is 1.46. The van der Waals surface area contributed by atoms with E-state index in [1.54, 1.807) is 23.0 Å². The molecule has 6 nitrogen and oxygen atoms in total. The van der Waals surface area contributed by atoms with Crippen molar-refractivity contribution in [3.63, 3.8) is 0 Å². The van der Waals surface area contributed by atoms with Gasteiger partial charge in [0.25, 0.3) is 0 Å². The number of fused-ring (bicyclic) bond motifs is 1. The number of nitrogens with zero attached hydrogens (tertiary/aromatic N) is 3. The molecule has 6 heteroatoms. The van der Waals surface area contributed by atoms with Gasteiger partial charge < -0.3 is 15.0 Å². The zero-order valence-electron chi connectivity index (χ0n) is 9.63. The van der Waals surface area contributed by atoms with Gasteiger partial charge in [-0.1, -0.05) is 0 Å². The Kier molecular flexibility index (Phi) is 2.47. The van der Waals surface area contributed by atoms with Crippen molar-refractivity contribution in [2.45, 2.75) is 13.0 Å². The highest BCUT2D eigenvalue weighted by Crippen LogP contribution is 2.27. The number of nitrogens with one attached hydrogen (secondary N) is 1. The fraction of sp³-hybridized carbons (Fsp3) is 0.250. The Labute approximate surface area is 103 Å². The summed E-state index contributed by atoms with van der Waals surface area (Å²) in [6, 6.07) is 3.58. The van der Waals surface area contributed by atoms with Gasteiger partial charge in [-0.15, -0.1) is 0 Å². The van der Waals surface area contributed by atoms with Crippen LogP contribution in [0.3, 0.4) is 0 Å². The Morgan fingerprint density at radius 1 is 1.50 bits per heavy atom. The van der Waals surface area contributed by atoms with Gasteiger partial charge in [0.15, 0.2) is 5.69 Å². The van der Waals surface area contributed by atoms with Crippen LogP contribution in [0.2, 0.25) is 0 Å². The standard InChI is InChI=1S/C12H12N4O2/c17-11(18)10-9(8-3-1-4-13-7-8)15-12-14-5-2-6-16(10)12/h1,3-4,7H,2,5-6H2,(H,14,15)(H,17,18). The van der Waals surface area contributed by atoms with Crippen LogP contribution in [-0.2, 0) is 6.54 Å². The molecule has 0 saturated heterocycles. The summed E-state index contributed by atoms with van der Waals surface area (Å²) < 4.78 is 1.72. The third kappa shape index (κ3) is 1.62. The van der Waals surface area contributed by atoms with E-state index < -0.39 is 5.97 Å². The third-order valence-electron chi connectivity index (χ3n) is 2.95. The van der Waals surface area contributed by atoms with Crippen LogP contribution in [0.15, 0.2) is 24.5 Å². The summed E-state index contributed by atoms with van der Waals surface area (Å²) in [5, 5.41) is 12.5.